The van der Waals surface area contributed by atoms with Crippen molar-refractivity contribution in [1.82, 2.24) is 4.98 Å². The van der Waals surface area contributed by atoms with Gasteiger partial charge in [0.1, 0.15) is 0 Å². The molecule has 1 aromatic rings. The van der Waals surface area contributed by atoms with Crippen LogP contribution in [0.3, 0.4) is 0 Å². The highest BCUT2D eigenvalue weighted by Gasteiger charge is 2.36. The number of halogens is 3. The first-order chi connectivity index (χ1) is 8.28. The molecule has 2 N–H and O–H groups in total. The zero-order chi connectivity index (χ0) is 13.9. The Balaban J connectivity index is 3.37. The molecule has 0 aromatic carbocycles. The second-order valence-corrected chi connectivity index (χ2v) is 2.98. The summed E-state index contributed by atoms with van der Waals surface area (Å²) in [7, 11) is 0.968. The van der Waals surface area contributed by atoms with Gasteiger partial charge in [-0.05, 0) is 0 Å². The van der Waals surface area contributed by atoms with E-state index in [1.165, 1.54) is 0 Å². The summed E-state index contributed by atoms with van der Waals surface area (Å²) in [6.45, 7) is -0.279. The number of hydrogen-bond acceptors (Lipinski definition) is 6. The van der Waals surface area contributed by atoms with E-state index in [0.29, 0.717) is 0 Å². The molecule has 0 aliphatic rings. The zero-order valence-corrected chi connectivity index (χ0v) is 9.02. The number of pyridine rings is 1. The third-order valence-corrected chi connectivity index (χ3v) is 1.80. The number of nitrogens with zero attached hydrogens (tertiary/aromatic N) is 2. The van der Waals surface area contributed by atoms with Crippen molar-refractivity contribution in [3.8, 4) is 11.6 Å². The fourth-order valence-corrected chi connectivity index (χ4v) is 1.16. The quantitative estimate of drug-likeness (QED) is 0.652. The number of methoxy groups -OCH3 is 1. The van der Waals surface area contributed by atoms with Crippen molar-refractivity contribution in [2.45, 2.75) is 12.9 Å². The van der Waals surface area contributed by atoms with Gasteiger partial charge >= 0.3 is 12.0 Å². The predicted octanol–water partition coefficient (Wildman–Crippen LogP) is 1.36. The minimum Gasteiger partial charge on any atom is -0.486 e. The van der Waals surface area contributed by atoms with Gasteiger partial charge in [-0.2, -0.15) is 0 Å². The van der Waals surface area contributed by atoms with Crippen LogP contribution in [0.15, 0.2) is 6.07 Å². The molecule has 1 heterocycles. The number of rotatable bonds is 4. The van der Waals surface area contributed by atoms with Crippen molar-refractivity contribution >= 4 is 5.69 Å². The Hall–Kier alpha value is -2.10. The molecule has 0 aliphatic carbocycles. The van der Waals surface area contributed by atoms with E-state index >= 15 is 0 Å². The molecule has 0 atom stereocenters. The lowest BCUT2D eigenvalue weighted by molar-refractivity contribution is -0.386. The number of aromatic nitrogens is 1. The van der Waals surface area contributed by atoms with Crippen LogP contribution in [0, 0.1) is 10.1 Å². The molecule has 0 spiro atoms. The number of ether oxygens (including phenoxy) is 2. The van der Waals surface area contributed by atoms with Gasteiger partial charge in [-0.1, -0.05) is 0 Å². The second-order valence-electron chi connectivity index (χ2n) is 2.98. The summed E-state index contributed by atoms with van der Waals surface area (Å²) < 4.78 is 44.4. The van der Waals surface area contributed by atoms with Crippen LogP contribution in [0.2, 0.25) is 0 Å². The standard InChI is InChI=1S/C8H8F3N3O4/c1-17-6-5(14(15)16)2-4(3-12)13-7(6)18-8(9,10)11/h2H,3,12H2,1H3. The fourth-order valence-electron chi connectivity index (χ4n) is 1.16. The van der Waals surface area contributed by atoms with Crippen LogP contribution in [-0.2, 0) is 6.54 Å². The van der Waals surface area contributed by atoms with Gasteiger partial charge in [-0.15, -0.1) is 13.2 Å². The van der Waals surface area contributed by atoms with Crippen LogP contribution in [0.4, 0.5) is 18.9 Å². The summed E-state index contributed by atoms with van der Waals surface area (Å²) in [6.07, 6.45) is -5.04. The number of hydrogen-bond donors (Lipinski definition) is 1. The lowest BCUT2D eigenvalue weighted by Crippen LogP contribution is -2.19. The minimum absolute atomic E-state index is 0.123. The Bertz CT molecular complexity index is 464. The van der Waals surface area contributed by atoms with E-state index in [9.17, 15) is 23.3 Å². The molecule has 100 valence electrons. The van der Waals surface area contributed by atoms with Gasteiger partial charge in [0.25, 0.3) is 11.6 Å². The van der Waals surface area contributed by atoms with Crippen molar-refractivity contribution < 1.29 is 27.6 Å². The van der Waals surface area contributed by atoms with E-state index in [-0.39, 0.29) is 12.2 Å². The van der Waals surface area contributed by atoms with Crippen LogP contribution in [-0.4, -0.2) is 23.4 Å². The number of nitrogens with two attached hydrogens (primary N) is 1. The van der Waals surface area contributed by atoms with Gasteiger partial charge in [-0.25, -0.2) is 4.98 Å². The molecule has 0 unspecified atom stereocenters. The van der Waals surface area contributed by atoms with Crippen molar-refractivity contribution in [3.05, 3.63) is 21.9 Å². The lowest BCUT2D eigenvalue weighted by Gasteiger charge is -2.12. The highest BCUT2D eigenvalue weighted by Crippen LogP contribution is 2.38. The second kappa shape index (κ2) is 5.04. The Labute approximate surface area is 98.5 Å². The van der Waals surface area contributed by atoms with Gasteiger partial charge < -0.3 is 15.2 Å². The molecule has 0 aliphatic heterocycles. The van der Waals surface area contributed by atoms with E-state index in [1.54, 1.807) is 0 Å². The van der Waals surface area contributed by atoms with Gasteiger partial charge in [0.15, 0.2) is 0 Å². The van der Waals surface area contributed by atoms with Crippen molar-refractivity contribution in [3.63, 3.8) is 0 Å². The third kappa shape index (κ3) is 3.20. The van der Waals surface area contributed by atoms with Gasteiger partial charge in [0.2, 0.25) is 0 Å². The molecule has 18 heavy (non-hydrogen) atoms. The SMILES string of the molecule is COc1c([N+](=O)[O-])cc(CN)nc1OC(F)(F)F. The molecule has 10 heteroatoms. The number of alkyl halides is 3. The molecule has 0 radical (unpaired) electrons. The summed E-state index contributed by atoms with van der Waals surface area (Å²) in [6, 6.07) is 0.919. The minimum atomic E-state index is -5.04. The summed E-state index contributed by atoms with van der Waals surface area (Å²) >= 11 is 0. The fraction of sp³-hybridized carbons (Fsp3) is 0.375. The summed E-state index contributed by atoms with van der Waals surface area (Å²) in [4.78, 5) is 13.2. The largest absolute Gasteiger partial charge is 0.574 e. The summed E-state index contributed by atoms with van der Waals surface area (Å²) in [5.41, 5.74) is 4.36. The number of nitro groups is 1. The molecular formula is C8H8F3N3O4. The maximum Gasteiger partial charge on any atom is 0.574 e. The Morgan fingerprint density at radius 1 is 1.56 bits per heavy atom. The average molecular weight is 267 g/mol. The molecular weight excluding hydrogens is 259 g/mol. The van der Waals surface area contributed by atoms with E-state index in [4.69, 9.17) is 5.73 Å². The van der Waals surface area contributed by atoms with Crippen LogP contribution in [0.25, 0.3) is 0 Å². The van der Waals surface area contributed by atoms with E-state index in [1.807, 2.05) is 0 Å². The van der Waals surface area contributed by atoms with Crippen LogP contribution < -0.4 is 15.2 Å². The highest BCUT2D eigenvalue weighted by atomic mass is 19.4. The van der Waals surface area contributed by atoms with E-state index in [2.05, 4.69) is 14.5 Å². The van der Waals surface area contributed by atoms with Crippen LogP contribution >= 0.6 is 0 Å². The molecule has 0 fully saturated rings. The first kappa shape index (κ1) is 14.0. The van der Waals surface area contributed by atoms with Crippen LogP contribution in [0.1, 0.15) is 5.69 Å². The predicted molar refractivity (Wildman–Crippen MR) is 52.0 cm³/mol. The topological polar surface area (TPSA) is 101 Å². The maximum absolute atomic E-state index is 12.1. The summed E-state index contributed by atoms with van der Waals surface area (Å²) in [5.74, 6) is -1.76. The normalized spacial score (nSPS) is 11.2. The molecule has 1 aromatic heterocycles. The smallest absolute Gasteiger partial charge is 0.486 e. The van der Waals surface area contributed by atoms with E-state index in [0.717, 1.165) is 13.2 Å². The molecule has 0 saturated carbocycles. The van der Waals surface area contributed by atoms with Crippen LogP contribution in [0.5, 0.6) is 11.6 Å². The monoisotopic (exact) mass is 267 g/mol. The Morgan fingerprint density at radius 2 is 2.17 bits per heavy atom. The Morgan fingerprint density at radius 3 is 2.56 bits per heavy atom. The zero-order valence-electron chi connectivity index (χ0n) is 9.02. The summed E-state index contributed by atoms with van der Waals surface area (Å²) in [5, 5.41) is 10.7. The maximum atomic E-state index is 12.1. The molecule has 0 bridgehead atoms. The van der Waals surface area contributed by atoms with E-state index < -0.39 is 28.6 Å². The Kier molecular flexibility index (Phi) is 3.91. The molecule has 1 rings (SSSR count). The van der Waals surface area contributed by atoms with Gasteiger partial charge in [-0.3, -0.25) is 10.1 Å². The third-order valence-electron chi connectivity index (χ3n) is 1.80. The van der Waals surface area contributed by atoms with Gasteiger partial charge in [0.05, 0.1) is 17.7 Å². The first-order valence-electron chi connectivity index (χ1n) is 4.46. The van der Waals surface area contributed by atoms with Crippen molar-refractivity contribution in [1.29, 1.82) is 0 Å². The lowest BCUT2D eigenvalue weighted by atomic mass is 10.3. The van der Waals surface area contributed by atoms with Crippen molar-refractivity contribution in [2.75, 3.05) is 7.11 Å². The average Bonchev–Trinajstić information content (AvgIpc) is 2.25. The molecule has 7 nitrogen and oxygen atoms in total. The highest BCUT2D eigenvalue weighted by molar-refractivity contribution is 5.53. The molecule has 0 amide bonds. The van der Waals surface area contributed by atoms with Crippen molar-refractivity contribution in [2.24, 2.45) is 5.73 Å². The molecule has 0 saturated heterocycles. The first-order valence-corrected chi connectivity index (χ1v) is 4.46. The van der Waals surface area contributed by atoms with Gasteiger partial charge in [0, 0.05) is 12.6 Å².